The first kappa shape index (κ1) is 14.1. The third-order valence-corrected chi connectivity index (χ3v) is 3.73. The SMILES string of the molecule is CC(N)(CCCS(C)(=O)=O)c1cccc(F)c1. The zero-order chi connectivity index (χ0) is 13.1. The Kier molecular flexibility index (Phi) is 4.27. The molecule has 17 heavy (non-hydrogen) atoms. The van der Waals surface area contributed by atoms with Gasteiger partial charge in [-0.15, -0.1) is 0 Å². The summed E-state index contributed by atoms with van der Waals surface area (Å²) in [5, 5.41) is 0. The van der Waals surface area contributed by atoms with Crippen LogP contribution in [0.2, 0.25) is 0 Å². The number of hydrogen-bond donors (Lipinski definition) is 1. The minimum atomic E-state index is -2.97. The summed E-state index contributed by atoms with van der Waals surface area (Å²) in [6.45, 7) is 1.78. The van der Waals surface area contributed by atoms with Gasteiger partial charge in [-0.3, -0.25) is 0 Å². The maximum atomic E-state index is 13.1. The molecular weight excluding hydrogens is 241 g/mol. The first-order valence-corrected chi connectivity index (χ1v) is 7.49. The Bertz CT molecular complexity index is 483. The minimum absolute atomic E-state index is 0.106. The Morgan fingerprint density at radius 2 is 2.06 bits per heavy atom. The summed E-state index contributed by atoms with van der Waals surface area (Å²) in [4.78, 5) is 0. The second-order valence-electron chi connectivity index (χ2n) is 4.66. The topological polar surface area (TPSA) is 60.2 Å². The highest BCUT2D eigenvalue weighted by Crippen LogP contribution is 2.23. The summed E-state index contributed by atoms with van der Waals surface area (Å²) in [5.41, 5.74) is 6.06. The Morgan fingerprint density at radius 1 is 1.41 bits per heavy atom. The van der Waals surface area contributed by atoms with Gasteiger partial charge in [-0.1, -0.05) is 12.1 Å². The quantitative estimate of drug-likeness (QED) is 0.877. The molecule has 1 aromatic rings. The summed E-state index contributed by atoms with van der Waals surface area (Å²) >= 11 is 0. The van der Waals surface area contributed by atoms with Crippen molar-refractivity contribution in [2.45, 2.75) is 25.3 Å². The molecule has 3 nitrogen and oxygen atoms in total. The van der Waals surface area contributed by atoms with E-state index in [9.17, 15) is 12.8 Å². The lowest BCUT2D eigenvalue weighted by molar-refractivity contribution is 0.443. The van der Waals surface area contributed by atoms with Crippen molar-refractivity contribution in [3.63, 3.8) is 0 Å². The Hall–Kier alpha value is -0.940. The third kappa shape index (κ3) is 4.83. The fraction of sp³-hybridized carbons (Fsp3) is 0.500. The fourth-order valence-electron chi connectivity index (χ4n) is 1.69. The summed E-state index contributed by atoms with van der Waals surface area (Å²) in [6, 6.07) is 6.10. The number of benzene rings is 1. The van der Waals surface area contributed by atoms with Gasteiger partial charge >= 0.3 is 0 Å². The van der Waals surface area contributed by atoms with Crippen LogP contribution in [0.3, 0.4) is 0 Å². The molecule has 0 aromatic heterocycles. The van der Waals surface area contributed by atoms with Gasteiger partial charge in [-0.2, -0.15) is 0 Å². The first-order chi connectivity index (χ1) is 7.71. The normalized spacial score (nSPS) is 15.5. The second-order valence-corrected chi connectivity index (χ2v) is 6.92. The monoisotopic (exact) mass is 259 g/mol. The molecule has 0 fully saturated rings. The van der Waals surface area contributed by atoms with Crippen LogP contribution in [-0.2, 0) is 15.4 Å². The van der Waals surface area contributed by atoms with E-state index in [1.54, 1.807) is 19.1 Å². The first-order valence-electron chi connectivity index (χ1n) is 5.43. The van der Waals surface area contributed by atoms with Crippen molar-refractivity contribution in [2.24, 2.45) is 5.73 Å². The third-order valence-electron chi connectivity index (χ3n) is 2.70. The molecule has 0 amide bonds. The summed E-state index contributed by atoms with van der Waals surface area (Å²) in [7, 11) is -2.97. The van der Waals surface area contributed by atoms with Crippen LogP contribution < -0.4 is 5.73 Å². The minimum Gasteiger partial charge on any atom is -0.322 e. The zero-order valence-electron chi connectivity index (χ0n) is 10.1. The predicted octanol–water partition coefficient (Wildman–Crippen LogP) is 1.82. The van der Waals surface area contributed by atoms with Crippen molar-refractivity contribution in [3.05, 3.63) is 35.6 Å². The average Bonchev–Trinajstić information content (AvgIpc) is 2.15. The second kappa shape index (κ2) is 5.14. The molecule has 1 aromatic carbocycles. The highest BCUT2D eigenvalue weighted by Gasteiger charge is 2.21. The molecule has 0 aliphatic heterocycles. The van der Waals surface area contributed by atoms with Gasteiger partial charge in [0.05, 0.1) is 0 Å². The Labute approximate surface area is 102 Å². The van der Waals surface area contributed by atoms with Crippen LogP contribution >= 0.6 is 0 Å². The van der Waals surface area contributed by atoms with Gasteiger partial charge in [-0.05, 0) is 37.5 Å². The smallest absolute Gasteiger partial charge is 0.147 e. The van der Waals surface area contributed by atoms with Gasteiger partial charge in [0, 0.05) is 17.5 Å². The van der Waals surface area contributed by atoms with Gasteiger partial charge in [0.15, 0.2) is 0 Å². The molecule has 1 atom stereocenters. The number of halogens is 1. The van der Waals surface area contributed by atoms with Gasteiger partial charge in [0.25, 0.3) is 0 Å². The predicted molar refractivity (Wildman–Crippen MR) is 66.9 cm³/mol. The van der Waals surface area contributed by atoms with Crippen molar-refractivity contribution in [3.8, 4) is 0 Å². The zero-order valence-corrected chi connectivity index (χ0v) is 10.9. The molecule has 0 aliphatic carbocycles. The van der Waals surface area contributed by atoms with Gasteiger partial charge in [-0.25, -0.2) is 12.8 Å². The summed E-state index contributed by atoms with van der Waals surface area (Å²) in [5.74, 6) is -0.225. The highest BCUT2D eigenvalue weighted by molar-refractivity contribution is 7.90. The highest BCUT2D eigenvalue weighted by atomic mass is 32.2. The molecule has 96 valence electrons. The van der Waals surface area contributed by atoms with E-state index in [1.165, 1.54) is 18.4 Å². The maximum Gasteiger partial charge on any atom is 0.147 e. The van der Waals surface area contributed by atoms with Crippen molar-refractivity contribution in [2.75, 3.05) is 12.0 Å². The molecule has 1 rings (SSSR count). The van der Waals surface area contributed by atoms with Crippen molar-refractivity contribution in [1.82, 2.24) is 0 Å². The van der Waals surface area contributed by atoms with Crippen LogP contribution in [0.1, 0.15) is 25.3 Å². The van der Waals surface area contributed by atoms with E-state index in [0.717, 1.165) is 0 Å². The molecule has 5 heteroatoms. The standard InChI is InChI=1S/C12H18FNO2S/c1-12(14,7-4-8-17(2,15)16)10-5-3-6-11(13)9-10/h3,5-6,9H,4,7-8,14H2,1-2H3. The lowest BCUT2D eigenvalue weighted by atomic mass is 9.89. The van der Waals surface area contributed by atoms with Crippen LogP contribution in [-0.4, -0.2) is 20.4 Å². The number of sulfone groups is 1. The Morgan fingerprint density at radius 3 is 2.59 bits per heavy atom. The van der Waals surface area contributed by atoms with E-state index < -0.39 is 15.4 Å². The maximum absolute atomic E-state index is 13.1. The molecule has 0 spiro atoms. The van der Waals surface area contributed by atoms with Crippen LogP contribution in [0.5, 0.6) is 0 Å². The molecule has 2 N–H and O–H groups in total. The van der Waals surface area contributed by atoms with Gasteiger partial charge in [0.1, 0.15) is 15.7 Å². The van der Waals surface area contributed by atoms with E-state index in [0.29, 0.717) is 18.4 Å². The van der Waals surface area contributed by atoms with Gasteiger partial charge in [0.2, 0.25) is 0 Å². The molecule has 0 heterocycles. The molecule has 0 saturated carbocycles. The number of nitrogens with two attached hydrogens (primary N) is 1. The molecule has 1 unspecified atom stereocenters. The van der Waals surface area contributed by atoms with Crippen molar-refractivity contribution < 1.29 is 12.8 Å². The lowest BCUT2D eigenvalue weighted by Gasteiger charge is -2.25. The number of hydrogen-bond acceptors (Lipinski definition) is 3. The van der Waals surface area contributed by atoms with E-state index in [-0.39, 0.29) is 11.6 Å². The van der Waals surface area contributed by atoms with Gasteiger partial charge < -0.3 is 5.73 Å². The van der Waals surface area contributed by atoms with Crippen molar-refractivity contribution in [1.29, 1.82) is 0 Å². The van der Waals surface area contributed by atoms with E-state index in [4.69, 9.17) is 5.73 Å². The van der Waals surface area contributed by atoms with E-state index in [1.807, 2.05) is 0 Å². The Balaban J connectivity index is 2.69. The molecule has 0 radical (unpaired) electrons. The molecule has 0 aliphatic rings. The molecular formula is C12H18FNO2S. The fourth-order valence-corrected chi connectivity index (χ4v) is 2.36. The summed E-state index contributed by atoms with van der Waals surface area (Å²) < 4.78 is 35.1. The molecule has 0 saturated heterocycles. The van der Waals surface area contributed by atoms with E-state index >= 15 is 0 Å². The summed E-state index contributed by atoms with van der Waals surface area (Å²) in [6.07, 6.45) is 2.18. The van der Waals surface area contributed by atoms with Crippen LogP contribution in [0.15, 0.2) is 24.3 Å². The average molecular weight is 259 g/mol. The molecule has 0 bridgehead atoms. The lowest BCUT2D eigenvalue weighted by Crippen LogP contribution is -2.33. The van der Waals surface area contributed by atoms with Crippen LogP contribution in [0.25, 0.3) is 0 Å². The van der Waals surface area contributed by atoms with E-state index in [2.05, 4.69) is 0 Å². The number of rotatable bonds is 5. The van der Waals surface area contributed by atoms with Crippen molar-refractivity contribution >= 4 is 9.84 Å². The van der Waals surface area contributed by atoms with Crippen LogP contribution in [0, 0.1) is 5.82 Å². The largest absolute Gasteiger partial charge is 0.322 e. The van der Waals surface area contributed by atoms with Crippen LogP contribution in [0.4, 0.5) is 4.39 Å².